The highest BCUT2D eigenvalue weighted by Gasteiger charge is 2.39. The first kappa shape index (κ1) is 14.3. The Kier molecular flexibility index (Phi) is 3.38. The van der Waals surface area contributed by atoms with E-state index in [0.29, 0.717) is 11.5 Å². The number of imidazole rings is 1. The maximum absolute atomic E-state index is 11.4. The zero-order valence-electron chi connectivity index (χ0n) is 11.2. The summed E-state index contributed by atoms with van der Waals surface area (Å²) >= 11 is 1.26. The molecule has 0 atom stereocenters. The molecular weight excluding hydrogens is 284 g/mol. The highest BCUT2D eigenvalue weighted by Crippen LogP contribution is 2.34. The van der Waals surface area contributed by atoms with Crippen LogP contribution in [0.4, 0.5) is 11.6 Å². The molecule has 2 rings (SSSR count). The number of anilines is 1. The molecule has 0 spiro atoms. The first-order valence-corrected chi connectivity index (χ1v) is 6.79. The van der Waals surface area contributed by atoms with E-state index in [1.165, 1.54) is 34.5 Å². The first-order chi connectivity index (χ1) is 9.30. The van der Waals surface area contributed by atoms with Gasteiger partial charge in [0.1, 0.15) is 11.7 Å². The largest absolute Gasteiger partial charge is 0.480 e. The average Bonchev–Trinajstić information content (AvgIpc) is 2.88. The number of likely N-dealkylation sites (N-methyl/N-ethyl adjacent to an activating group) is 1. The van der Waals surface area contributed by atoms with Crippen LogP contribution in [0.5, 0.6) is 0 Å². The number of nitrogens with zero attached hydrogens (tertiary/aromatic N) is 4. The first-order valence-electron chi connectivity index (χ1n) is 5.91. The van der Waals surface area contributed by atoms with E-state index in [2.05, 4.69) is 4.98 Å². The molecule has 2 heterocycles. The molecule has 0 aliphatic heterocycles. The molecule has 9 heteroatoms. The third-order valence-electron chi connectivity index (χ3n) is 3.16. The lowest BCUT2D eigenvalue weighted by Crippen LogP contribution is -2.50. The lowest BCUT2D eigenvalue weighted by atomic mass is 10.0. The van der Waals surface area contributed by atoms with Crippen LogP contribution in [0.15, 0.2) is 11.6 Å². The van der Waals surface area contributed by atoms with Crippen molar-refractivity contribution >= 4 is 33.9 Å². The van der Waals surface area contributed by atoms with Crippen LogP contribution < -0.4 is 4.90 Å². The van der Waals surface area contributed by atoms with Crippen LogP contribution in [0.2, 0.25) is 0 Å². The Labute approximate surface area is 118 Å². The summed E-state index contributed by atoms with van der Waals surface area (Å²) in [6.45, 7) is 5.03. The van der Waals surface area contributed by atoms with Crippen LogP contribution in [0.1, 0.15) is 20.8 Å². The smallest absolute Gasteiger partial charge is 0.373 e. The SMILES string of the molecule is CCN(c1nc2sccn2c1[N+](=O)[O-])C(C)(C)C(=O)O. The molecule has 0 aliphatic rings. The van der Waals surface area contributed by atoms with Gasteiger partial charge in [0.05, 0.1) is 0 Å². The quantitative estimate of drug-likeness (QED) is 0.669. The molecule has 2 aromatic heterocycles. The van der Waals surface area contributed by atoms with Crippen LogP contribution in [0, 0.1) is 10.1 Å². The van der Waals surface area contributed by atoms with E-state index in [-0.39, 0.29) is 11.6 Å². The lowest BCUT2D eigenvalue weighted by Gasteiger charge is -2.33. The molecule has 0 fully saturated rings. The number of thiazole rings is 1. The van der Waals surface area contributed by atoms with Gasteiger partial charge in [0.25, 0.3) is 4.96 Å². The van der Waals surface area contributed by atoms with Crippen molar-refractivity contribution in [1.29, 1.82) is 0 Å². The lowest BCUT2D eigenvalue weighted by molar-refractivity contribution is -0.389. The minimum atomic E-state index is -1.29. The summed E-state index contributed by atoms with van der Waals surface area (Å²) in [6.07, 6.45) is 1.55. The van der Waals surface area contributed by atoms with Crippen LogP contribution >= 0.6 is 11.3 Å². The maximum Gasteiger partial charge on any atom is 0.373 e. The summed E-state index contributed by atoms with van der Waals surface area (Å²) in [5, 5.41) is 22.3. The average molecular weight is 298 g/mol. The Morgan fingerprint density at radius 2 is 2.30 bits per heavy atom. The number of carboxylic acids is 1. The fourth-order valence-corrected chi connectivity index (χ4v) is 2.74. The standard InChI is InChI=1S/C11H14N4O4S/c1-4-14(11(2,3)9(16)17)7-8(15(18)19)13-5-6-20-10(13)12-7/h5-6H,4H2,1-3H3,(H,16,17). The molecule has 0 aromatic carbocycles. The second-order valence-corrected chi connectivity index (χ2v) is 5.55. The fraction of sp³-hybridized carbons (Fsp3) is 0.455. The fourth-order valence-electron chi connectivity index (χ4n) is 2.04. The van der Waals surface area contributed by atoms with Crippen molar-refractivity contribution in [3.63, 3.8) is 0 Å². The van der Waals surface area contributed by atoms with Gasteiger partial charge in [-0.25, -0.2) is 4.79 Å². The van der Waals surface area contributed by atoms with E-state index in [1.54, 1.807) is 18.5 Å². The Bertz CT molecular complexity index is 675. The van der Waals surface area contributed by atoms with E-state index in [9.17, 15) is 20.0 Å². The molecule has 0 saturated heterocycles. The molecule has 0 saturated carbocycles. The van der Waals surface area contributed by atoms with Crippen molar-refractivity contribution in [3.8, 4) is 0 Å². The Morgan fingerprint density at radius 3 is 2.80 bits per heavy atom. The van der Waals surface area contributed by atoms with Crippen molar-refractivity contribution in [1.82, 2.24) is 9.38 Å². The topological polar surface area (TPSA) is 101 Å². The van der Waals surface area contributed by atoms with Crippen molar-refractivity contribution in [3.05, 3.63) is 21.7 Å². The van der Waals surface area contributed by atoms with Crippen LogP contribution in [-0.2, 0) is 4.79 Å². The van der Waals surface area contributed by atoms with Crippen LogP contribution in [-0.4, -0.2) is 37.5 Å². The summed E-state index contributed by atoms with van der Waals surface area (Å²) in [5.41, 5.74) is -1.29. The minimum absolute atomic E-state index is 0.0803. The van der Waals surface area contributed by atoms with Crippen LogP contribution in [0.25, 0.3) is 4.96 Å². The van der Waals surface area contributed by atoms with Gasteiger partial charge in [-0.1, -0.05) is 11.3 Å². The van der Waals surface area contributed by atoms with Gasteiger partial charge < -0.3 is 20.1 Å². The van der Waals surface area contributed by atoms with Crippen molar-refractivity contribution < 1.29 is 14.8 Å². The summed E-state index contributed by atoms with van der Waals surface area (Å²) in [4.78, 5) is 28.2. The molecule has 0 bridgehead atoms. The summed E-state index contributed by atoms with van der Waals surface area (Å²) in [5.74, 6) is -1.20. The number of nitro groups is 1. The number of aliphatic carboxylic acids is 1. The normalized spacial score (nSPS) is 11.8. The van der Waals surface area contributed by atoms with Crippen molar-refractivity contribution in [2.75, 3.05) is 11.4 Å². The Balaban J connectivity index is 2.66. The number of rotatable bonds is 5. The van der Waals surface area contributed by atoms with Gasteiger partial charge in [0.2, 0.25) is 5.82 Å². The molecule has 8 nitrogen and oxygen atoms in total. The monoisotopic (exact) mass is 298 g/mol. The van der Waals surface area contributed by atoms with E-state index in [4.69, 9.17) is 0 Å². The van der Waals surface area contributed by atoms with Crippen molar-refractivity contribution in [2.45, 2.75) is 26.3 Å². The van der Waals surface area contributed by atoms with Gasteiger partial charge in [-0.2, -0.15) is 9.38 Å². The van der Waals surface area contributed by atoms with Gasteiger partial charge in [-0.05, 0) is 25.7 Å². The maximum atomic E-state index is 11.4. The van der Waals surface area contributed by atoms with Gasteiger partial charge >= 0.3 is 11.8 Å². The van der Waals surface area contributed by atoms with E-state index < -0.39 is 16.4 Å². The molecule has 0 radical (unpaired) electrons. The summed E-state index contributed by atoms with van der Waals surface area (Å²) in [7, 11) is 0. The minimum Gasteiger partial charge on any atom is -0.480 e. The zero-order chi connectivity index (χ0) is 15.1. The molecule has 0 aliphatic carbocycles. The Morgan fingerprint density at radius 1 is 1.65 bits per heavy atom. The Hall–Kier alpha value is -2.16. The van der Waals surface area contributed by atoms with Gasteiger partial charge in [0, 0.05) is 11.9 Å². The van der Waals surface area contributed by atoms with Gasteiger partial charge in [-0.15, -0.1) is 0 Å². The molecule has 108 valence electrons. The van der Waals surface area contributed by atoms with Gasteiger partial charge in [0.15, 0.2) is 0 Å². The van der Waals surface area contributed by atoms with Crippen LogP contribution in [0.3, 0.4) is 0 Å². The molecular formula is C11H14N4O4S. The molecule has 2 aromatic rings. The summed E-state index contributed by atoms with van der Waals surface area (Å²) in [6, 6.07) is 0. The van der Waals surface area contributed by atoms with E-state index in [1.807, 2.05) is 0 Å². The second-order valence-electron chi connectivity index (χ2n) is 4.68. The number of carbonyl (C=O) groups is 1. The van der Waals surface area contributed by atoms with E-state index in [0.717, 1.165) is 0 Å². The second kappa shape index (κ2) is 4.75. The number of hydrogen-bond acceptors (Lipinski definition) is 6. The van der Waals surface area contributed by atoms with Gasteiger partial charge in [-0.3, -0.25) is 0 Å². The third-order valence-corrected chi connectivity index (χ3v) is 3.92. The number of fused-ring (bicyclic) bond motifs is 1. The number of carboxylic acid groups (broad SMARTS) is 1. The number of hydrogen-bond donors (Lipinski definition) is 1. The predicted octanol–water partition coefficient (Wildman–Crippen LogP) is 1.99. The van der Waals surface area contributed by atoms with Crippen molar-refractivity contribution in [2.24, 2.45) is 0 Å². The molecule has 0 unspecified atom stereocenters. The highest BCUT2D eigenvalue weighted by molar-refractivity contribution is 7.15. The zero-order valence-corrected chi connectivity index (χ0v) is 12.0. The molecule has 0 amide bonds. The number of aromatic nitrogens is 2. The summed E-state index contributed by atoms with van der Waals surface area (Å²) < 4.78 is 1.36. The highest BCUT2D eigenvalue weighted by atomic mass is 32.1. The molecule has 20 heavy (non-hydrogen) atoms. The molecule has 1 N–H and O–H groups in total. The third kappa shape index (κ3) is 1.99. The predicted molar refractivity (Wildman–Crippen MR) is 74.5 cm³/mol. The van der Waals surface area contributed by atoms with E-state index >= 15 is 0 Å².